The fourth-order valence-electron chi connectivity index (χ4n) is 1.45. The molecule has 0 unspecified atom stereocenters. The lowest BCUT2D eigenvalue weighted by Crippen LogP contribution is -2.24. The third-order valence-corrected chi connectivity index (χ3v) is 4.26. The Morgan fingerprint density at radius 1 is 1.47 bits per heavy atom. The first kappa shape index (κ1) is 13.7. The fourth-order valence-corrected chi connectivity index (χ4v) is 2.91. The maximum absolute atomic E-state index is 12.1. The molecule has 0 aliphatic rings. The maximum atomic E-state index is 12.1. The van der Waals surface area contributed by atoms with Crippen molar-refractivity contribution >= 4 is 27.3 Å². The van der Waals surface area contributed by atoms with Crippen LogP contribution < -0.4 is 10.5 Å². The van der Waals surface area contributed by atoms with Crippen LogP contribution in [0.5, 0.6) is 0 Å². The van der Waals surface area contributed by atoms with Crippen LogP contribution in [0.2, 0.25) is 5.02 Å². The van der Waals surface area contributed by atoms with Crippen molar-refractivity contribution in [2.24, 2.45) is 0 Å². The number of nitrogens with zero attached hydrogens (tertiary/aromatic N) is 3. The van der Waals surface area contributed by atoms with Crippen LogP contribution in [-0.4, -0.2) is 29.0 Å². The van der Waals surface area contributed by atoms with Crippen molar-refractivity contribution in [1.29, 1.82) is 0 Å². The molecule has 0 atom stereocenters. The normalized spacial score (nSPS) is 11.7. The molecule has 4 N–H and O–H groups in total. The molecule has 0 amide bonds. The monoisotopic (exact) mass is 302 g/mol. The number of nitrogens with two attached hydrogens (primary N) is 1. The third-order valence-electron chi connectivity index (χ3n) is 2.39. The van der Waals surface area contributed by atoms with Gasteiger partial charge in [-0.05, 0) is 24.6 Å². The zero-order valence-corrected chi connectivity index (χ0v) is 11.5. The summed E-state index contributed by atoms with van der Waals surface area (Å²) in [5.41, 5.74) is 6.31. The summed E-state index contributed by atoms with van der Waals surface area (Å²) in [6.45, 7) is 1.56. The Labute approximate surface area is 114 Å². The van der Waals surface area contributed by atoms with Gasteiger partial charge in [-0.2, -0.15) is 5.21 Å². The number of hydrogen-bond acceptors (Lipinski definition) is 6. The van der Waals surface area contributed by atoms with E-state index in [-0.39, 0.29) is 23.0 Å². The van der Waals surface area contributed by atoms with Gasteiger partial charge in [-0.3, -0.25) is 0 Å². The van der Waals surface area contributed by atoms with Crippen LogP contribution in [0.4, 0.5) is 5.69 Å². The summed E-state index contributed by atoms with van der Waals surface area (Å²) < 4.78 is 26.6. The van der Waals surface area contributed by atoms with Crippen LogP contribution in [0, 0.1) is 6.92 Å². The summed E-state index contributed by atoms with van der Waals surface area (Å²) in [5.74, 6) is 0.239. The average molecular weight is 303 g/mol. The number of aromatic amines is 1. The van der Waals surface area contributed by atoms with Crippen LogP contribution in [-0.2, 0) is 16.6 Å². The van der Waals surface area contributed by atoms with E-state index in [0.29, 0.717) is 10.6 Å². The van der Waals surface area contributed by atoms with Crippen molar-refractivity contribution in [3.63, 3.8) is 0 Å². The minimum absolute atomic E-state index is 0.0675. The number of anilines is 1. The number of aromatic nitrogens is 4. The van der Waals surface area contributed by atoms with E-state index >= 15 is 0 Å². The van der Waals surface area contributed by atoms with E-state index in [9.17, 15) is 8.42 Å². The van der Waals surface area contributed by atoms with Crippen LogP contribution in [0.15, 0.2) is 17.0 Å². The van der Waals surface area contributed by atoms with Crippen LogP contribution >= 0.6 is 11.6 Å². The first-order valence-electron chi connectivity index (χ1n) is 5.18. The molecule has 2 aromatic rings. The van der Waals surface area contributed by atoms with E-state index in [1.807, 2.05) is 0 Å². The smallest absolute Gasteiger partial charge is 0.241 e. The van der Waals surface area contributed by atoms with Crippen molar-refractivity contribution < 1.29 is 8.42 Å². The van der Waals surface area contributed by atoms with Crippen LogP contribution in [0.3, 0.4) is 0 Å². The molecular weight excluding hydrogens is 292 g/mol. The van der Waals surface area contributed by atoms with Gasteiger partial charge in [-0.1, -0.05) is 16.8 Å². The Morgan fingerprint density at radius 3 is 2.84 bits per heavy atom. The second-order valence-electron chi connectivity index (χ2n) is 3.79. The molecule has 1 aromatic carbocycles. The molecule has 0 aliphatic carbocycles. The van der Waals surface area contributed by atoms with Gasteiger partial charge in [0.2, 0.25) is 10.0 Å². The Hall–Kier alpha value is -1.71. The van der Waals surface area contributed by atoms with Crippen LogP contribution in [0.25, 0.3) is 0 Å². The molecule has 102 valence electrons. The fraction of sp³-hybridized carbons (Fsp3) is 0.222. The molecule has 10 heteroatoms. The SMILES string of the molecule is Cc1cc(Cl)c(N)cc1S(=O)(=O)NCc1nn[nH]n1. The number of benzene rings is 1. The molecule has 0 saturated carbocycles. The lowest BCUT2D eigenvalue weighted by atomic mass is 10.2. The Balaban J connectivity index is 2.27. The first-order valence-corrected chi connectivity index (χ1v) is 7.04. The van der Waals surface area contributed by atoms with Gasteiger partial charge in [-0.25, -0.2) is 13.1 Å². The second-order valence-corrected chi connectivity index (χ2v) is 5.93. The van der Waals surface area contributed by atoms with E-state index in [2.05, 4.69) is 25.3 Å². The summed E-state index contributed by atoms with van der Waals surface area (Å²) in [6, 6.07) is 2.82. The highest BCUT2D eigenvalue weighted by molar-refractivity contribution is 7.89. The molecule has 0 radical (unpaired) electrons. The number of nitrogens with one attached hydrogen (secondary N) is 2. The maximum Gasteiger partial charge on any atom is 0.241 e. The quantitative estimate of drug-likeness (QED) is 0.693. The lowest BCUT2D eigenvalue weighted by molar-refractivity contribution is 0.578. The zero-order chi connectivity index (χ0) is 14.0. The lowest BCUT2D eigenvalue weighted by Gasteiger charge is -2.10. The predicted molar refractivity (Wildman–Crippen MR) is 68.8 cm³/mol. The molecule has 19 heavy (non-hydrogen) atoms. The number of halogens is 1. The van der Waals surface area contributed by atoms with Gasteiger partial charge < -0.3 is 5.73 Å². The summed E-state index contributed by atoms with van der Waals surface area (Å²) in [4.78, 5) is 0.0675. The van der Waals surface area contributed by atoms with Crippen molar-refractivity contribution in [2.75, 3.05) is 5.73 Å². The molecular formula is C9H11ClN6O2S. The highest BCUT2D eigenvalue weighted by Gasteiger charge is 2.18. The first-order chi connectivity index (χ1) is 8.90. The third kappa shape index (κ3) is 3.00. The van der Waals surface area contributed by atoms with E-state index in [0.717, 1.165) is 0 Å². The molecule has 1 heterocycles. The van der Waals surface area contributed by atoms with Gasteiger partial charge in [-0.15, -0.1) is 10.2 Å². The molecule has 0 spiro atoms. The molecule has 2 rings (SSSR count). The Kier molecular flexibility index (Phi) is 3.69. The Morgan fingerprint density at radius 2 is 2.21 bits per heavy atom. The standard InChI is InChI=1S/C9H11ClN6O2S/c1-5-2-6(10)7(11)3-8(5)19(17,18)12-4-9-13-15-16-14-9/h2-3,12H,4,11H2,1H3,(H,13,14,15,16). The average Bonchev–Trinajstić information content (AvgIpc) is 2.84. The highest BCUT2D eigenvalue weighted by atomic mass is 35.5. The number of sulfonamides is 1. The van der Waals surface area contributed by atoms with E-state index in [1.54, 1.807) is 6.92 Å². The van der Waals surface area contributed by atoms with Gasteiger partial charge in [0.05, 0.1) is 22.2 Å². The topological polar surface area (TPSA) is 127 Å². The van der Waals surface area contributed by atoms with Gasteiger partial charge in [0, 0.05) is 0 Å². The number of aryl methyl sites for hydroxylation is 1. The predicted octanol–water partition coefficient (Wildman–Crippen LogP) is 0.222. The molecule has 0 saturated heterocycles. The molecule has 0 bridgehead atoms. The molecule has 0 fully saturated rings. The van der Waals surface area contributed by atoms with Crippen LogP contribution in [0.1, 0.15) is 11.4 Å². The molecule has 8 nitrogen and oxygen atoms in total. The van der Waals surface area contributed by atoms with Gasteiger partial charge in [0.25, 0.3) is 0 Å². The van der Waals surface area contributed by atoms with Crippen molar-refractivity contribution in [2.45, 2.75) is 18.4 Å². The largest absolute Gasteiger partial charge is 0.397 e. The highest BCUT2D eigenvalue weighted by Crippen LogP contribution is 2.26. The van der Waals surface area contributed by atoms with Gasteiger partial charge >= 0.3 is 0 Å². The van der Waals surface area contributed by atoms with E-state index < -0.39 is 10.0 Å². The number of nitrogen functional groups attached to an aromatic ring is 1. The number of rotatable bonds is 4. The number of tetrazole rings is 1. The molecule has 0 aliphatic heterocycles. The second kappa shape index (κ2) is 5.11. The summed E-state index contributed by atoms with van der Waals surface area (Å²) in [7, 11) is -3.72. The minimum atomic E-state index is -3.72. The summed E-state index contributed by atoms with van der Waals surface area (Å²) in [6.07, 6.45) is 0. The van der Waals surface area contributed by atoms with Crippen molar-refractivity contribution in [1.82, 2.24) is 25.3 Å². The van der Waals surface area contributed by atoms with Crippen molar-refractivity contribution in [3.05, 3.63) is 28.5 Å². The Bertz CT molecular complexity index is 685. The van der Waals surface area contributed by atoms with Crippen molar-refractivity contribution in [3.8, 4) is 0 Å². The zero-order valence-electron chi connectivity index (χ0n) is 9.88. The number of hydrogen-bond donors (Lipinski definition) is 3. The number of H-pyrrole nitrogens is 1. The molecule has 1 aromatic heterocycles. The minimum Gasteiger partial charge on any atom is -0.397 e. The van der Waals surface area contributed by atoms with E-state index in [4.69, 9.17) is 17.3 Å². The van der Waals surface area contributed by atoms with E-state index in [1.165, 1.54) is 12.1 Å². The van der Waals surface area contributed by atoms with Gasteiger partial charge in [0.1, 0.15) is 0 Å². The summed E-state index contributed by atoms with van der Waals surface area (Å²) >= 11 is 5.82. The van der Waals surface area contributed by atoms with Gasteiger partial charge in [0.15, 0.2) is 5.82 Å². The summed E-state index contributed by atoms with van der Waals surface area (Å²) in [5, 5.41) is 13.2.